The zero-order valence-electron chi connectivity index (χ0n) is 3.13. The molecule has 1 N–H and O–H groups in total. The summed E-state index contributed by atoms with van der Waals surface area (Å²) in [5.41, 5.74) is 0. The number of hydrogen-bond acceptors (Lipinski definition) is 4. The fourth-order valence-corrected chi connectivity index (χ4v) is 0.0781. The summed E-state index contributed by atoms with van der Waals surface area (Å²) < 4.78 is 0. The molecule has 38 valence electrons. The van der Waals surface area contributed by atoms with E-state index in [1.165, 1.54) is 0 Å². The minimum absolute atomic E-state index is 0. The summed E-state index contributed by atoms with van der Waals surface area (Å²) in [7, 11) is 0. The number of aliphatic hydroxyl groups excluding tert-OH is 1. The van der Waals surface area contributed by atoms with Crippen molar-refractivity contribution in [2.45, 2.75) is 0 Å². The fraction of sp³-hybridized carbons (Fsp3) is 1.00. The average molecular weight is 115 g/mol. The van der Waals surface area contributed by atoms with Gasteiger partial charge in [-0.1, -0.05) is 0 Å². The third-order valence-corrected chi connectivity index (χ3v) is 0.235. The Morgan fingerprint density at radius 3 is 2.43 bits per heavy atom. The quantitative estimate of drug-likeness (QED) is 0.223. The predicted octanol–water partition coefficient (Wildman–Crippen LogP) is -0.972. The first-order valence-electron chi connectivity index (χ1n) is 1.47. The topological polar surface area (TPSA) is 58.9 Å². The molecule has 0 radical (unpaired) electrons. The molecule has 5 heteroatoms. The Kier molecular flexibility index (Phi) is 14.2. The van der Waals surface area contributed by atoms with Gasteiger partial charge >= 0.3 is 29.6 Å². The van der Waals surface area contributed by atoms with Gasteiger partial charge in [-0.05, 0) is 0 Å². The van der Waals surface area contributed by atoms with E-state index in [0.29, 0.717) is 0 Å². The van der Waals surface area contributed by atoms with Gasteiger partial charge in [0.25, 0.3) is 0 Å². The van der Waals surface area contributed by atoms with Crippen molar-refractivity contribution in [3.63, 3.8) is 0 Å². The van der Waals surface area contributed by atoms with Crippen LogP contribution in [0.2, 0.25) is 0 Å². The van der Waals surface area contributed by atoms with E-state index in [0.717, 1.165) is 0 Å². The molecule has 0 spiro atoms. The van der Waals surface area contributed by atoms with Crippen LogP contribution in [0.25, 0.3) is 0 Å². The van der Waals surface area contributed by atoms with Crippen LogP contribution < -0.4 is 0 Å². The van der Waals surface area contributed by atoms with Gasteiger partial charge in [0.15, 0.2) is 5.34 Å². The number of hydrogen-bond donors (Lipinski definition) is 1. The van der Waals surface area contributed by atoms with Crippen molar-refractivity contribution < 1.29 is 9.94 Å². The summed E-state index contributed by atoms with van der Waals surface area (Å²) in [6.07, 6.45) is 0. The molecule has 7 heavy (non-hydrogen) atoms. The van der Waals surface area contributed by atoms with E-state index in [2.05, 4.69) is 4.84 Å². The van der Waals surface area contributed by atoms with E-state index in [9.17, 15) is 0 Å². The van der Waals surface area contributed by atoms with Gasteiger partial charge in [-0.25, -0.2) is 0 Å². The normalized spacial score (nSPS) is 6.43. The molecule has 0 amide bonds. The van der Waals surface area contributed by atoms with Gasteiger partial charge in [0.2, 0.25) is 0 Å². The van der Waals surface area contributed by atoms with Crippen molar-refractivity contribution in [3.8, 4) is 0 Å². The Hall–Kier alpha value is 0.360. The molecule has 0 aromatic carbocycles. The summed E-state index contributed by atoms with van der Waals surface area (Å²) in [6, 6.07) is 0. The monoisotopic (exact) mass is 115 g/mol. The Balaban J connectivity index is 0. The molecule has 0 saturated carbocycles. The molecule has 0 saturated heterocycles. The Bertz CT molecular complexity index is 41.9. The molecule has 0 aliphatic carbocycles. The molecule has 4 nitrogen and oxygen atoms in total. The summed E-state index contributed by atoms with van der Waals surface area (Å²) in [5.74, 6) is 0. The molecule has 0 aliphatic rings. The first-order valence-corrected chi connectivity index (χ1v) is 1.47. The van der Waals surface area contributed by atoms with Gasteiger partial charge < -0.3 is 9.94 Å². The van der Waals surface area contributed by atoms with Gasteiger partial charge in [-0.2, -0.15) is 0 Å². The number of rotatable bonds is 3. The Labute approximate surface area is 63.1 Å². The second-order valence-corrected chi connectivity index (χ2v) is 0.631. The van der Waals surface area contributed by atoms with E-state index in [-0.39, 0.29) is 42.8 Å². The SMILES string of the molecule is O=NOCCO.[NaH]. The van der Waals surface area contributed by atoms with Gasteiger partial charge in [0, 0.05) is 0 Å². The zero-order chi connectivity index (χ0) is 4.83. The molecule has 0 aliphatic heterocycles. The minimum atomic E-state index is -0.161. The Morgan fingerprint density at radius 1 is 1.71 bits per heavy atom. The maximum atomic E-state index is 8.98. The van der Waals surface area contributed by atoms with Crippen LogP contribution in [0.5, 0.6) is 0 Å². The molecular formula is C2H6NNaO3. The van der Waals surface area contributed by atoms with Crippen LogP contribution in [0.15, 0.2) is 5.34 Å². The summed E-state index contributed by atoms with van der Waals surface area (Å²) in [4.78, 5) is 12.8. The van der Waals surface area contributed by atoms with Gasteiger partial charge in [0.1, 0.15) is 6.61 Å². The standard InChI is InChI=1S/C2H5NO3.Na.H/c4-1-2-6-3-5;;/h4H,1-2H2;;. The van der Waals surface area contributed by atoms with E-state index in [1.54, 1.807) is 0 Å². The third kappa shape index (κ3) is 10.7. The van der Waals surface area contributed by atoms with Crippen molar-refractivity contribution in [2.75, 3.05) is 13.2 Å². The van der Waals surface area contributed by atoms with E-state index in [4.69, 9.17) is 10.0 Å². The average Bonchev–Trinajstić information content (AvgIpc) is 1.61. The summed E-state index contributed by atoms with van der Waals surface area (Å²) >= 11 is 0. The van der Waals surface area contributed by atoms with E-state index >= 15 is 0 Å². The van der Waals surface area contributed by atoms with Crippen molar-refractivity contribution in [1.29, 1.82) is 0 Å². The Morgan fingerprint density at radius 2 is 2.29 bits per heavy atom. The molecule has 0 rings (SSSR count). The van der Waals surface area contributed by atoms with Crippen LogP contribution in [-0.2, 0) is 4.84 Å². The third-order valence-electron chi connectivity index (χ3n) is 0.235. The fourth-order valence-electron chi connectivity index (χ4n) is 0.0781. The van der Waals surface area contributed by atoms with Gasteiger partial charge in [-0.15, -0.1) is 4.91 Å². The van der Waals surface area contributed by atoms with Crippen molar-refractivity contribution in [2.24, 2.45) is 5.34 Å². The number of nitrogens with zero attached hydrogens (tertiary/aromatic N) is 1. The van der Waals surface area contributed by atoms with Crippen molar-refractivity contribution >= 4 is 29.6 Å². The second kappa shape index (κ2) is 9.61. The molecule has 0 unspecified atom stereocenters. The second-order valence-electron chi connectivity index (χ2n) is 0.631. The van der Waals surface area contributed by atoms with Gasteiger partial charge in [-0.3, -0.25) is 0 Å². The van der Waals surface area contributed by atoms with Gasteiger partial charge in [0.05, 0.1) is 6.61 Å². The first kappa shape index (κ1) is 10.4. The molecule has 0 atom stereocenters. The van der Waals surface area contributed by atoms with E-state index in [1.807, 2.05) is 5.34 Å². The van der Waals surface area contributed by atoms with Crippen LogP contribution in [-0.4, -0.2) is 47.9 Å². The number of aliphatic hydroxyl groups is 1. The first-order chi connectivity index (χ1) is 2.91. The summed E-state index contributed by atoms with van der Waals surface area (Å²) in [5, 5.41) is 9.89. The van der Waals surface area contributed by atoms with Crippen LogP contribution in [0.3, 0.4) is 0 Å². The maximum absolute atomic E-state index is 8.98. The van der Waals surface area contributed by atoms with Crippen LogP contribution in [0.1, 0.15) is 0 Å². The molecule has 0 fully saturated rings. The van der Waals surface area contributed by atoms with Crippen LogP contribution in [0.4, 0.5) is 0 Å². The van der Waals surface area contributed by atoms with Crippen LogP contribution >= 0.6 is 0 Å². The molecule has 0 bridgehead atoms. The predicted molar refractivity (Wildman–Crippen MR) is 26.0 cm³/mol. The molecule has 0 heterocycles. The zero-order valence-corrected chi connectivity index (χ0v) is 3.13. The van der Waals surface area contributed by atoms with Crippen LogP contribution in [0, 0.1) is 4.91 Å². The molecule has 0 aromatic heterocycles. The molecule has 0 aromatic rings. The summed E-state index contributed by atoms with van der Waals surface area (Å²) in [6.45, 7) is -0.171. The van der Waals surface area contributed by atoms with Crippen molar-refractivity contribution in [1.82, 2.24) is 0 Å². The van der Waals surface area contributed by atoms with Crippen molar-refractivity contribution in [3.05, 3.63) is 4.91 Å². The molecular weight excluding hydrogens is 109 g/mol. The van der Waals surface area contributed by atoms with E-state index < -0.39 is 0 Å².